The van der Waals surface area contributed by atoms with Gasteiger partial charge in [0.05, 0.1) is 18.9 Å². The highest BCUT2D eigenvalue weighted by Crippen LogP contribution is 2.19. The largest absolute Gasteiger partial charge is 0.368 e. The molecule has 3 N–H and O–H groups in total. The molecule has 0 spiro atoms. The minimum atomic E-state index is 0.0642. The van der Waals surface area contributed by atoms with Gasteiger partial charge >= 0.3 is 0 Å². The summed E-state index contributed by atoms with van der Waals surface area (Å²) in [7, 11) is 0. The van der Waals surface area contributed by atoms with E-state index in [0.29, 0.717) is 19.1 Å². The molecule has 25 heavy (non-hydrogen) atoms. The summed E-state index contributed by atoms with van der Waals surface area (Å²) in [5, 5.41) is 10.9. The van der Waals surface area contributed by atoms with Crippen LogP contribution in [0.5, 0.6) is 0 Å². The number of rotatable bonds is 5. The smallest absolute Gasteiger partial charge is 0.107 e. The van der Waals surface area contributed by atoms with Crippen LogP contribution in [0.2, 0.25) is 0 Å². The van der Waals surface area contributed by atoms with Crippen LogP contribution in [0.25, 0.3) is 0 Å². The molecule has 1 saturated heterocycles. The van der Waals surface area contributed by atoms with Gasteiger partial charge in [0.25, 0.3) is 0 Å². The van der Waals surface area contributed by atoms with Gasteiger partial charge in [-0.15, -0.1) is 6.42 Å². The van der Waals surface area contributed by atoms with Crippen molar-refractivity contribution in [3.8, 4) is 12.3 Å². The first-order valence-electron chi connectivity index (χ1n) is 8.70. The zero-order valence-corrected chi connectivity index (χ0v) is 14.3. The molecule has 3 rings (SSSR count). The van der Waals surface area contributed by atoms with Gasteiger partial charge < -0.3 is 4.74 Å². The van der Waals surface area contributed by atoms with Crippen LogP contribution in [0.1, 0.15) is 23.5 Å². The van der Waals surface area contributed by atoms with Crippen molar-refractivity contribution in [2.75, 3.05) is 26.3 Å². The number of hydrogen-bond donors (Lipinski definition) is 3. The Morgan fingerprint density at radius 2 is 1.40 bits per heavy atom. The molecule has 130 valence electrons. The fourth-order valence-electron chi connectivity index (χ4n) is 3.05. The third-order valence-corrected chi connectivity index (χ3v) is 4.36. The van der Waals surface area contributed by atoms with Crippen molar-refractivity contribution < 1.29 is 4.74 Å². The maximum Gasteiger partial charge on any atom is 0.107 e. The summed E-state index contributed by atoms with van der Waals surface area (Å²) in [6.07, 6.45) is 5.41. The molecule has 4 heteroatoms. The van der Waals surface area contributed by atoms with E-state index in [9.17, 15) is 0 Å². The number of hydrogen-bond acceptors (Lipinski definition) is 4. The van der Waals surface area contributed by atoms with Gasteiger partial charge in [-0.25, -0.2) is 0 Å². The van der Waals surface area contributed by atoms with Gasteiger partial charge in [-0.2, -0.15) is 0 Å². The van der Waals surface area contributed by atoms with Crippen LogP contribution >= 0.6 is 0 Å². The summed E-state index contributed by atoms with van der Waals surface area (Å²) in [5.41, 5.74) is 2.44. The highest BCUT2D eigenvalue weighted by Gasteiger charge is 2.23. The molecule has 4 nitrogen and oxygen atoms in total. The van der Waals surface area contributed by atoms with Crippen molar-refractivity contribution in [1.29, 1.82) is 0 Å². The number of terminal acetylenes is 1. The molecule has 1 fully saturated rings. The average molecular weight is 335 g/mol. The summed E-state index contributed by atoms with van der Waals surface area (Å²) in [5.74, 6) is 2.88. The van der Waals surface area contributed by atoms with Gasteiger partial charge in [-0.3, -0.25) is 16.0 Å². The highest BCUT2D eigenvalue weighted by atomic mass is 16.5. The Morgan fingerprint density at radius 3 is 1.88 bits per heavy atom. The number of benzene rings is 2. The van der Waals surface area contributed by atoms with Crippen molar-refractivity contribution in [3.05, 3.63) is 71.8 Å². The fraction of sp³-hybridized carbons (Fsp3) is 0.333. The molecule has 0 amide bonds. The minimum Gasteiger partial charge on any atom is -0.368 e. The monoisotopic (exact) mass is 335 g/mol. The molecule has 2 aromatic carbocycles. The predicted molar refractivity (Wildman–Crippen MR) is 101 cm³/mol. The molecular formula is C21H25N3O. The van der Waals surface area contributed by atoms with Crippen LogP contribution in [0, 0.1) is 18.3 Å². The van der Waals surface area contributed by atoms with Crippen LogP contribution in [-0.2, 0) is 4.74 Å². The second-order valence-electron chi connectivity index (χ2n) is 6.26. The Morgan fingerprint density at radius 1 is 0.880 bits per heavy atom. The van der Waals surface area contributed by atoms with Crippen LogP contribution in [0.3, 0.4) is 0 Å². The zero-order valence-electron chi connectivity index (χ0n) is 14.3. The zero-order chi connectivity index (χ0) is 17.3. The second-order valence-corrected chi connectivity index (χ2v) is 6.26. The third-order valence-electron chi connectivity index (χ3n) is 4.36. The normalized spacial score (nSPS) is 24.0. The van der Waals surface area contributed by atoms with E-state index in [4.69, 9.17) is 11.2 Å². The molecule has 2 aromatic rings. The predicted octanol–water partition coefficient (Wildman–Crippen LogP) is 2.43. The van der Waals surface area contributed by atoms with Gasteiger partial charge in [0.15, 0.2) is 0 Å². The molecule has 1 heterocycles. The van der Waals surface area contributed by atoms with Crippen molar-refractivity contribution in [1.82, 2.24) is 16.0 Å². The quantitative estimate of drug-likeness (QED) is 0.580. The Labute approximate surface area is 150 Å². The van der Waals surface area contributed by atoms with Crippen LogP contribution in [0.4, 0.5) is 0 Å². The molecule has 0 aliphatic carbocycles. The number of nitrogens with one attached hydrogen (secondary N) is 3. The first-order chi connectivity index (χ1) is 12.4. The van der Waals surface area contributed by atoms with Crippen molar-refractivity contribution in [3.63, 3.8) is 0 Å². The third kappa shape index (κ3) is 5.15. The molecule has 0 bridgehead atoms. The van der Waals surface area contributed by atoms with Crippen LogP contribution in [-0.4, -0.2) is 26.3 Å². The van der Waals surface area contributed by atoms with Crippen LogP contribution in [0.15, 0.2) is 60.7 Å². The second kappa shape index (κ2) is 9.36. The van der Waals surface area contributed by atoms with Gasteiger partial charge in [0.1, 0.15) is 6.61 Å². The van der Waals surface area contributed by atoms with E-state index < -0.39 is 0 Å². The van der Waals surface area contributed by atoms with E-state index in [2.05, 4.69) is 70.4 Å². The first-order valence-corrected chi connectivity index (χ1v) is 8.70. The molecule has 0 saturated carbocycles. The lowest BCUT2D eigenvalue weighted by Crippen LogP contribution is -2.49. The van der Waals surface area contributed by atoms with E-state index in [-0.39, 0.29) is 12.3 Å². The lowest BCUT2D eigenvalue weighted by Gasteiger charge is -2.34. The molecular weight excluding hydrogens is 310 g/mol. The summed E-state index contributed by atoms with van der Waals surface area (Å²) >= 11 is 0. The average Bonchev–Trinajstić information content (AvgIpc) is 2.65. The molecule has 0 aromatic heterocycles. The first kappa shape index (κ1) is 17.7. The summed E-state index contributed by atoms with van der Waals surface area (Å²) in [6.45, 7) is 2.71. The van der Waals surface area contributed by atoms with Crippen molar-refractivity contribution in [2.45, 2.75) is 12.3 Å². The standard InChI is InChI=1S/C21H25N3O/c1-2-13-25-16-17-14-22-20(18-9-5-3-6-10-18)24-21(23-15-17)19-11-7-4-8-12-19/h1,3-12,17,20-24H,13-16H2. The van der Waals surface area contributed by atoms with Gasteiger partial charge in [-0.1, -0.05) is 66.6 Å². The van der Waals surface area contributed by atoms with Crippen LogP contribution < -0.4 is 16.0 Å². The van der Waals surface area contributed by atoms with E-state index in [1.165, 1.54) is 11.1 Å². The Balaban J connectivity index is 1.75. The summed E-state index contributed by atoms with van der Waals surface area (Å²) in [6, 6.07) is 20.9. The van der Waals surface area contributed by atoms with E-state index in [1.807, 2.05) is 12.1 Å². The topological polar surface area (TPSA) is 45.3 Å². The fourth-order valence-corrected chi connectivity index (χ4v) is 3.05. The Bertz CT molecular complexity index is 619. The van der Waals surface area contributed by atoms with Crippen molar-refractivity contribution in [2.24, 2.45) is 5.92 Å². The molecule has 2 unspecified atom stereocenters. The lowest BCUT2D eigenvalue weighted by molar-refractivity contribution is 0.113. The maximum absolute atomic E-state index is 5.56. The van der Waals surface area contributed by atoms with E-state index in [1.54, 1.807) is 0 Å². The Kier molecular flexibility index (Phi) is 6.61. The lowest BCUT2D eigenvalue weighted by atomic mass is 10.1. The van der Waals surface area contributed by atoms with E-state index in [0.717, 1.165) is 13.1 Å². The molecule has 2 atom stereocenters. The summed E-state index contributed by atoms with van der Waals surface area (Å²) < 4.78 is 5.56. The number of ether oxygens (including phenoxy) is 1. The van der Waals surface area contributed by atoms with Crippen molar-refractivity contribution >= 4 is 0 Å². The summed E-state index contributed by atoms with van der Waals surface area (Å²) in [4.78, 5) is 0. The minimum absolute atomic E-state index is 0.0642. The van der Waals surface area contributed by atoms with Gasteiger partial charge in [-0.05, 0) is 11.1 Å². The molecule has 1 aliphatic rings. The molecule has 1 aliphatic heterocycles. The van der Waals surface area contributed by atoms with Gasteiger partial charge in [0.2, 0.25) is 0 Å². The maximum atomic E-state index is 5.56. The van der Waals surface area contributed by atoms with E-state index >= 15 is 0 Å². The molecule has 0 radical (unpaired) electrons. The SMILES string of the molecule is C#CCOCC1CNC(c2ccccc2)NC(c2ccccc2)NC1. The van der Waals surface area contributed by atoms with Gasteiger partial charge in [0, 0.05) is 19.0 Å². The highest BCUT2D eigenvalue weighted by molar-refractivity contribution is 5.22. The Hall–Kier alpha value is -2.16.